The Morgan fingerprint density at radius 3 is 2.94 bits per heavy atom. The third kappa shape index (κ3) is 2.95. The molecule has 1 aromatic heterocycles. The summed E-state index contributed by atoms with van der Waals surface area (Å²) in [7, 11) is 0. The predicted molar refractivity (Wildman–Crippen MR) is 69.7 cm³/mol. The maximum Gasteiger partial charge on any atom is 0.236 e. The van der Waals surface area contributed by atoms with Gasteiger partial charge in [0.05, 0.1) is 6.20 Å². The van der Waals surface area contributed by atoms with E-state index < -0.39 is 0 Å². The summed E-state index contributed by atoms with van der Waals surface area (Å²) in [5.74, 6) is 0.398. The van der Waals surface area contributed by atoms with Crippen molar-refractivity contribution in [2.24, 2.45) is 0 Å². The second-order valence-corrected chi connectivity index (χ2v) is 4.99. The van der Waals surface area contributed by atoms with Gasteiger partial charge < -0.3 is 9.94 Å². The second kappa shape index (κ2) is 5.46. The van der Waals surface area contributed by atoms with E-state index in [0.717, 1.165) is 19.8 Å². The van der Waals surface area contributed by atoms with E-state index in [4.69, 9.17) is 9.94 Å². The fraction of sp³-hybridized carbons (Fsp3) is 0.182. The maximum atomic E-state index is 9.02. The van der Waals surface area contributed by atoms with Crippen LogP contribution in [0.1, 0.15) is 5.56 Å². The zero-order valence-corrected chi connectivity index (χ0v) is 11.5. The van der Waals surface area contributed by atoms with E-state index in [0.29, 0.717) is 12.5 Å². The molecule has 0 atom stereocenters. The molecule has 4 nitrogen and oxygen atoms in total. The first-order chi connectivity index (χ1) is 8.20. The fourth-order valence-corrected chi connectivity index (χ4v) is 2.63. The summed E-state index contributed by atoms with van der Waals surface area (Å²) in [4.78, 5) is 1.88. The maximum absolute atomic E-state index is 9.02. The van der Waals surface area contributed by atoms with Gasteiger partial charge in [-0.05, 0) is 18.4 Å². The number of ether oxygens (including phenoxy) is 1. The second-order valence-electron chi connectivity index (χ2n) is 3.28. The fourth-order valence-electron chi connectivity index (χ4n) is 1.39. The van der Waals surface area contributed by atoms with Crippen LogP contribution in [0, 0.1) is 0 Å². The van der Waals surface area contributed by atoms with Crippen molar-refractivity contribution >= 4 is 27.7 Å². The summed E-state index contributed by atoms with van der Waals surface area (Å²) in [6.07, 6.45) is 3.44. The molecule has 0 radical (unpaired) electrons. The van der Waals surface area contributed by atoms with Crippen LogP contribution in [0.25, 0.3) is 0 Å². The smallest absolute Gasteiger partial charge is 0.236 e. The first-order valence-corrected chi connectivity index (χ1v) is 6.91. The number of thioether (sulfide) groups is 1. The van der Waals surface area contributed by atoms with E-state index in [1.807, 2.05) is 24.5 Å². The Labute approximate surface area is 112 Å². The van der Waals surface area contributed by atoms with Crippen LogP contribution >= 0.6 is 27.7 Å². The van der Waals surface area contributed by atoms with Gasteiger partial charge in [-0.2, -0.15) is 0 Å². The highest BCUT2D eigenvalue weighted by Gasteiger charge is 2.07. The minimum atomic E-state index is 0.398. The van der Waals surface area contributed by atoms with Crippen LogP contribution in [0.4, 0.5) is 0 Å². The van der Waals surface area contributed by atoms with Crippen molar-refractivity contribution in [2.75, 3.05) is 6.26 Å². The first-order valence-electron chi connectivity index (χ1n) is 4.90. The predicted octanol–water partition coefficient (Wildman–Crippen LogP) is 3.18. The molecule has 2 aromatic rings. The molecule has 1 heterocycles. The number of hydrogen-bond donors (Lipinski definition) is 1. The van der Waals surface area contributed by atoms with E-state index in [9.17, 15) is 0 Å². The van der Waals surface area contributed by atoms with Crippen LogP contribution in [0.15, 0.2) is 39.8 Å². The lowest BCUT2D eigenvalue weighted by Crippen LogP contribution is -2.00. The van der Waals surface area contributed by atoms with Gasteiger partial charge in [-0.1, -0.05) is 27.1 Å². The van der Waals surface area contributed by atoms with E-state index in [1.165, 1.54) is 6.20 Å². The van der Waals surface area contributed by atoms with Gasteiger partial charge >= 0.3 is 0 Å². The van der Waals surface area contributed by atoms with Gasteiger partial charge in [0.2, 0.25) is 5.88 Å². The Hall–Kier alpha value is -1.14. The minimum absolute atomic E-state index is 0.398. The van der Waals surface area contributed by atoms with E-state index in [2.05, 4.69) is 21.0 Å². The first kappa shape index (κ1) is 12.3. The average Bonchev–Trinajstić information content (AvgIpc) is 2.73. The lowest BCUT2D eigenvalue weighted by Gasteiger charge is -2.09. The van der Waals surface area contributed by atoms with E-state index >= 15 is 0 Å². The third-order valence-electron chi connectivity index (χ3n) is 2.21. The molecular weight excluding hydrogens is 304 g/mol. The molecule has 0 unspecified atom stereocenters. The van der Waals surface area contributed by atoms with Crippen molar-refractivity contribution in [3.05, 3.63) is 40.5 Å². The van der Waals surface area contributed by atoms with Crippen molar-refractivity contribution in [3.8, 4) is 5.88 Å². The van der Waals surface area contributed by atoms with Crippen molar-refractivity contribution in [1.82, 2.24) is 9.94 Å². The zero-order valence-electron chi connectivity index (χ0n) is 9.13. The van der Waals surface area contributed by atoms with Gasteiger partial charge in [-0.3, -0.25) is 0 Å². The molecule has 0 aliphatic carbocycles. The Kier molecular flexibility index (Phi) is 3.96. The van der Waals surface area contributed by atoms with Crippen LogP contribution in [-0.2, 0) is 6.61 Å². The SMILES string of the molecule is CSc1cccc(Br)c1COc1ccn(O)n1. The highest BCUT2D eigenvalue weighted by Crippen LogP contribution is 2.28. The summed E-state index contributed by atoms with van der Waals surface area (Å²) in [5, 5.41) is 12.8. The summed E-state index contributed by atoms with van der Waals surface area (Å²) in [6, 6.07) is 7.61. The topological polar surface area (TPSA) is 47.3 Å². The van der Waals surface area contributed by atoms with E-state index in [1.54, 1.807) is 17.8 Å². The molecule has 0 aliphatic rings. The van der Waals surface area contributed by atoms with Gasteiger partial charge in [0.15, 0.2) is 0 Å². The van der Waals surface area contributed by atoms with Crippen LogP contribution < -0.4 is 4.74 Å². The molecule has 2 rings (SSSR count). The summed E-state index contributed by atoms with van der Waals surface area (Å²) in [6.45, 7) is 0.411. The van der Waals surface area contributed by atoms with Crippen LogP contribution in [0.3, 0.4) is 0 Å². The number of aromatic nitrogens is 2. The molecule has 0 bridgehead atoms. The molecular formula is C11H11BrN2O2S. The van der Waals surface area contributed by atoms with Crippen LogP contribution in [0.2, 0.25) is 0 Å². The Balaban J connectivity index is 2.13. The van der Waals surface area contributed by atoms with Crippen molar-refractivity contribution in [3.63, 3.8) is 0 Å². The highest BCUT2D eigenvalue weighted by atomic mass is 79.9. The summed E-state index contributed by atoms with van der Waals surface area (Å²) < 4.78 is 6.51. The van der Waals surface area contributed by atoms with Gasteiger partial charge in [-0.15, -0.1) is 16.6 Å². The van der Waals surface area contributed by atoms with Crippen molar-refractivity contribution < 1.29 is 9.94 Å². The number of hydrogen-bond acceptors (Lipinski definition) is 4. The molecule has 0 fully saturated rings. The molecule has 0 saturated heterocycles. The quantitative estimate of drug-likeness (QED) is 0.695. The molecule has 90 valence electrons. The lowest BCUT2D eigenvalue weighted by atomic mass is 10.2. The van der Waals surface area contributed by atoms with Gasteiger partial charge in [0.1, 0.15) is 6.61 Å². The highest BCUT2D eigenvalue weighted by molar-refractivity contribution is 9.10. The summed E-state index contributed by atoms with van der Waals surface area (Å²) in [5.41, 5.74) is 1.08. The molecule has 1 aromatic carbocycles. The molecule has 0 spiro atoms. The van der Waals surface area contributed by atoms with Gasteiger partial charge in [-0.25, -0.2) is 0 Å². The number of benzene rings is 1. The Bertz CT molecular complexity index is 516. The van der Waals surface area contributed by atoms with Gasteiger partial charge in [0.25, 0.3) is 0 Å². The number of halogens is 1. The standard InChI is InChI=1S/C11H11BrN2O2S/c1-17-10-4-2-3-9(12)8(10)7-16-11-5-6-14(15)13-11/h2-6,15H,7H2,1H3. The average molecular weight is 315 g/mol. The zero-order chi connectivity index (χ0) is 12.3. The lowest BCUT2D eigenvalue weighted by molar-refractivity contribution is 0.141. The number of rotatable bonds is 4. The van der Waals surface area contributed by atoms with Gasteiger partial charge in [0, 0.05) is 21.0 Å². The third-order valence-corrected chi connectivity index (χ3v) is 3.78. The Morgan fingerprint density at radius 1 is 1.47 bits per heavy atom. The number of nitrogens with zero attached hydrogens (tertiary/aromatic N) is 2. The molecule has 1 N–H and O–H groups in total. The van der Waals surface area contributed by atoms with E-state index in [-0.39, 0.29) is 0 Å². The molecule has 0 saturated carbocycles. The van der Waals surface area contributed by atoms with Crippen molar-refractivity contribution in [2.45, 2.75) is 11.5 Å². The normalized spacial score (nSPS) is 10.5. The Morgan fingerprint density at radius 2 is 2.29 bits per heavy atom. The molecule has 0 amide bonds. The van der Waals surface area contributed by atoms with Crippen LogP contribution in [0.5, 0.6) is 5.88 Å². The minimum Gasteiger partial charge on any atom is -0.472 e. The van der Waals surface area contributed by atoms with Crippen molar-refractivity contribution in [1.29, 1.82) is 0 Å². The summed E-state index contributed by atoms with van der Waals surface area (Å²) >= 11 is 5.16. The molecule has 6 heteroatoms. The molecule has 0 aliphatic heterocycles. The van der Waals surface area contributed by atoms with Crippen LogP contribution in [-0.4, -0.2) is 21.4 Å². The largest absolute Gasteiger partial charge is 0.472 e. The molecule has 17 heavy (non-hydrogen) atoms. The monoisotopic (exact) mass is 314 g/mol.